The number of Topliss-reactive ketones (excluding diaryl/α,β-unsaturated/α-hetero) is 1. The predicted octanol–water partition coefficient (Wildman–Crippen LogP) is 4.18. The van der Waals surface area contributed by atoms with Gasteiger partial charge in [-0.1, -0.05) is 27.7 Å². The zero-order valence-electron chi connectivity index (χ0n) is 13.0. The summed E-state index contributed by atoms with van der Waals surface area (Å²) < 4.78 is 5.31. The summed E-state index contributed by atoms with van der Waals surface area (Å²) in [6.45, 7) is 12.7. The smallest absolute Gasteiger partial charge is 0.167 e. The summed E-state index contributed by atoms with van der Waals surface area (Å²) in [7, 11) is 1.66. The molecular weight excluding hydrogens is 236 g/mol. The van der Waals surface area contributed by atoms with Crippen molar-refractivity contribution in [3.63, 3.8) is 0 Å². The Bertz CT molecular complexity index is 524. The van der Waals surface area contributed by atoms with Crippen LogP contribution in [0.1, 0.15) is 49.2 Å². The van der Waals surface area contributed by atoms with E-state index in [2.05, 4.69) is 27.7 Å². The number of rotatable bonds is 3. The molecule has 1 saturated carbocycles. The van der Waals surface area contributed by atoms with E-state index in [1.807, 2.05) is 26.0 Å². The van der Waals surface area contributed by atoms with E-state index in [1.54, 1.807) is 7.11 Å². The fourth-order valence-corrected chi connectivity index (χ4v) is 3.28. The van der Waals surface area contributed by atoms with E-state index in [0.717, 1.165) is 22.4 Å². The zero-order valence-corrected chi connectivity index (χ0v) is 13.0. The van der Waals surface area contributed by atoms with Crippen molar-refractivity contribution in [2.24, 2.45) is 16.7 Å². The van der Waals surface area contributed by atoms with Crippen molar-refractivity contribution in [2.75, 3.05) is 7.11 Å². The third-order valence-corrected chi connectivity index (χ3v) is 5.29. The number of aryl methyl sites for hydroxylation is 2. The number of carbonyl (C=O) groups excluding carboxylic acids is 1. The van der Waals surface area contributed by atoms with Gasteiger partial charge in [-0.15, -0.1) is 0 Å². The molecule has 0 atom stereocenters. The molecule has 0 aromatic heterocycles. The lowest BCUT2D eigenvalue weighted by atomic mass is 9.95. The number of ketones is 1. The quantitative estimate of drug-likeness (QED) is 0.762. The Hall–Kier alpha value is -1.31. The second-order valence-electron chi connectivity index (χ2n) is 6.88. The van der Waals surface area contributed by atoms with E-state index in [0.29, 0.717) is 0 Å². The second-order valence-corrected chi connectivity index (χ2v) is 6.88. The molecule has 0 spiro atoms. The number of hydrogen-bond donors (Lipinski definition) is 0. The van der Waals surface area contributed by atoms with Crippen molar-refractivity contribution >= 4 is 5.78 Å². The molecule has 0 N–H and O–H groups in total. The predicted molar refractivity (Wildman–Crippen MR) is 77.9 cm³/mol. The highest BCUT2D eigenvalue weighted by Crippen LogP contribution is 2.69. The van der Waals surface area contributed by atoms with E-state index in [9.17, 15) is 4.79 Å². The molecule has 0 radical (unpaired) electrons. The van der Waals surface area contributed by atoms with Crippen molar-refractivity contribution in [2.45, 2.75) is 41.5 Å². The summed E-state index contributed by atoms with van der Waals surface area (Å²) in [6, 6.07) is 3.94. The number of benzene rings is 1. The minimum absolute atomic E-state index is 0.0877. The molecule has 1 aromatic rings. The fraction of sp³-hybridized carbons (Fsp3) is 0.588. The Labute approximate surface area is 116 Å². The first-order valence-electron chi connectivity index (χ1n) is 6.84. The van der Waals surface area contributed by atoms with Gasteiger partial charge in [-0.25, -0.2) is 0 Å². The summed E-state index contributed by atoms with van der Waals surface area (Å²) in [5.74, 6) is 1.24. The van der Waals surface area contributed by atoms with E-state index < -0.39 is 0 Å². The first kappa shape index (κ1) is 14.1. The number of ether oxygens (including phenoxy) is 1. The number of hydrogen-bond acceptors (Lipinski definition) is 2. The molecule has 0 aliphatic heterocycles. The summed E-state index contributed by atoms with van der Waals surface area (Å²) in [4.78, 5) is 12.8. The van der Waals surface area contributed by atoms with Crippen LogP contribution in [-0.2, 0) is 0 Å². The molecule has 104 valence electrons. The Balaban J connectivity index is 2.40. The molecule has 0 amide bonds. The fourth-order valence-electron chi connectivity index (χ4n) is 3.28. The van der Waals surface area contributed by atoms with Gasteiger partial charge in [0.1, 0.15) is 5.75 Å². The van der Waals surface area contributed by atoms with Crippen molar-refractivity contribution in [1.82, 2.24) is 0 Å². The molecule has 1 fully saturated rings. The van der Waals surface area contributed by atoms with Gasteiger partial charge in [0, 0.05) is 11.5 Å². The summed E-state index contributed by atoms with van der Waals surface area (Å²) in [5, 5.41) is 0. The van der Waals surface area contributed by atoms with Crippen LogP contribution in [0.15, 0.2) is 12.1 Å². The van der Waals surface area contributed by atoms with Gasteiger partial charge in [-0.05, 0) is 47.9 Å². The van der Waals surface area contributed by atoms with E-state index >= 15 is 0 Å². The van der Waals surface area contributed by atoms with Gasteiger partial charge in [0.2, 0.25) is 0 Å². The molecule has 0 heterocycles. The van der Waals surface area contributed by atoms with Crippen LogP contribution in [0.4, 0.5) is 0 Å². The summed E-state index contributed by atoms with van der Waals surface area (Å²) >= 11 is 0. The van der Waals surface area contributed by atoms with Crippen molar-refractivity contribution < 1.29 is 9.53 Å². The molecule has 2 nitrogen and oxygen atoms in total. The van der Waals surface area contributed by atoms with E-state index in [4.69, 9.17) is 4.74 Å². The Morgan fingerprint density at radius 2 is 1.58 bits per heavy atom. The maximum atomic E-state index is 12.8. The van der Waals surface area contributed by atoms with Crippen LogP contribution in [0.5, 0.6) is 5.75 Å². The summed E-state index contributed by atoms with van der Waals surface area (Å²) in [5.41, 5.74) is 3.05. The number of carbonyl (C=O) groups is 1. The highest BCUT2D eigenvalue weighted by molar-refractivity contribution is 6.02. The van der Waals surface area contributed by atoms with Crippen LogP contribution in [-0.4, -0.2) is 12.9 Å². The first-order valence-corrected chi connectivity index (χ1v) is 6.84. The lowest BCUT2D eigenvalue weighted by molar-refractivity contribution is 0.0944. The lowest BCUT2D eigenvalue weighted by Crippen LogP contribution is -2.10. The molecule has 19 heavy (non-hydrogen) atoms. The molecule has 1 aliphatic rings. The van der Waals surface area contributed by atoms with Crippen molar-refractivity contribution in [3.8, 4) is 5.75 Å². The average molecular weight is 260 g/mol. The van der Waals surface area contributed by atoms with Crippen LogP contribution >= 0.6 is 0 Å². The standard InChI is InChI=1S/C17H24O2/c1-10-9-13(19-7)11(2)8-12(10)14(18)15-16(3,4)17(15,5)6/h8-9,15H,1-7H3. The van der Waals surface area contributed by atoms with Gasteiger partial charge >= 0.3 is 0 Å². The SMILES string of the molecule is COc1cc(C)c(C(=O)C2C(C)(C)C2(C)C)cc1C. The molecule has 2 heteroatoms. The minimum Gasteiger partial charge on any atom is -0.496 e. The normalized spacial score (nSPS) is 20.2. The average Bonchev–Trinajstić information content (AvgIpc) is 2.71. The molecule has 0 bridgehead atoms. The van der Waals surface area contributed by atoms with Crippen molar-refractivity contribution in [3.05, 3.63) is 28.8 Å². The largest absolute Gasteiger partial charge is 0.496 e. The topological polar surface area (TPSA) is 26.3 Å². The van der Waals surface area contributed by atoms with E-state index in [-0.39, 0.29) is 22.5 Å². The van der Waals surface area contributed by atoms with Crippen LogP contribution in [0.2, 0.25) is 0 Å². The lowest BCUT2D eigenvalue weighted by Gasteiger charge is -2.11. The van der Waals surface area contributed by atoms with E-state index in [1.165, 1.54) is 0 Å². The van der Waals surface area contributed by atoms with Gasteiger partial charge in [-0.3, -0.25) is 4.79 Å². The van der Waals surface area contributed by atoms with Crippen molar-refractivity contribution in [1.29, 1.82) is 0 Å². The van der Waals surface area contributed by atoms with Gasteiger partial charge in [0.15, 0.2) is 5.78 Å². The molecule has 1 aliphatic carbocycles. The van der Waals surface area contributed by atoms with Crippen LogP contribution in [0, 0.1) is 30.6 Å². The highest BCUT2D eigenvalue weighted by atomic mass is 16.5. The third-order valence-electron chi connectivity index (χ3n) is 5.29. The molecule has 0 unspecified atom stereocenters. The second kappa shape index (κ2) is 4.09. The molecular formula is C17H24O2. The maximum Gasteiger partial charge on any atom is 0.167 e. The Morgan fingerprint density at radius 1 is 1.05 bits per heavy atom. The Kier molecular flexibility index (Phi) is 3.04. The first-order chi connectivity index (χ1) is 8.64. The monoisotopic (exact) mass is 260 g/mol. The van der Waals surface area contributed by atoms with Gasteiger partial charge in [-0.2, -0.15) is 0 Å². The van der Waals surface area contributed by atoms with Crippen LogP contribution in [0.3, 0.4) is 0 Å². The van der Waals surface area contributed by atoms with Crippen LogP contribution < -0.4 is 4.74 Å². The molecule has 1 aromatic carbocycles. The maximum absolute atomic E-state index is 12.8. The summed E-state index contributed by atoms with van der Waals surface area (Å²) in [6.07, 6.45) is 0. The zero-order chi connectivity index (χ0) is 14.6. The third kappa shape index (κ3) is 1.89. The van der Waals surface area contributed by atoms with Crippen LogP contribution in [0.25, 0.3) is 0 Å². The minimum atomic E-state index is 0.0877. The van der Waals surface area contributed by atoms with Gasteiger partial charge < -0.3 is 4.74 Å². The molecule has 0 saturated heterocycles. The van der Waals surface area contributed by atoms with Gasteiger partial charge in [0.25, 0.3) is 0 Å². The highest BCUT2D eigenvalue weighted by Gasteiger charge is 2.67. The Morgan fingerprint density at radius 3 is 2.00 bits per heavy atom. The van der Waals surface area contributed by atoms with Gasteiger partial charge in [0.05, 0.1) is 7.11 Å². The number of methoxy groups -OCH3 is 1. The molecule has 2 rings (SSSR count).